The molecule has 1 atom stereocenters. The molecule has 4 nitrogen and oxygen atoms in total. The van der Waals surface area contributed by atoms with Crippen molar-refractivity contribution in [2.75, 3.05) is 24.6 Å². The molecule has 1 N–H and O–H groups in total. The van der Waals surface area contributed by atoms with E-state index >= 15 is 0 Å². The van der Waals surface area contributed by atoms with Crippen LogP contribution in [0.15, 0.2) is 0 Å². The van der Waals surface area contributed by atoms with Crippen LogP contribution in [0, 0.1) is 0 Å². The highest BCUT2D eigenvalue weighted by molar-refractivity contribution is 7.99. The second-order valence-corrected chi connectivity index (χ2v) is 5.07. The molecule has 1 aliphatic rings. The van der Waals surface area contributed by atoms with E-state index in [2.05, 4.69) is 12.2 Å². The molecule has 1 saturated heterocycles. The summed E-state index contributed by atoms with van der Waals surface area (Å²) < 4.78 is 0. The molecule has 16 heavy (non-hydrogen) atoms. The van der Waals surface area contributed by atoms with Crippen molar-refractivity contribution in [3.8, 4) is 0 Å². The van der Waals surface area contributed by atoms with Gasteiger partial charge in [0.1, 0.15) is 6.04 Å². The number of nitrogens with one attached hydrogen (secondary N) is 1. The normalized spacial score (nSPS) is 20.8. The Morgan fingerprint density at radius 2 is 2.38 bits per heavy atom. The molecule has 0 saturated carbocycles. The molecule has 0 aromatic rings. The Kier molecular flexibility index (Phi) is 5.66. The Morgan fingerprint density at radius 1 is 1.62 bits per heavy atom. The minimum Gasteiger partial charge on any atom is -0.353 e. The molecule has 92 valence electrons. The minimum atomic E-state index is -0.312. The Balaban J connectivity index is 2.32. The van der Waals surface area contributed by atoms with Crippen molar-refractivity contribution in [1.29, 1.82) is 0 Å². The van der Waals surface area contributed by atoms with Crippen molar-refractivity contribution in [3.63, 3.8) is 0 Å². The molecule has 0 aromatic heterocycles. The van der Waals surface area contributed by atoms with Crippen LogP contribution in [-0.2, 0) is 9.59 Å². The van der Waals surface area contributed by atoms with Gasteiger partial charge in [0.05, 0.1) is 5.75 Å². The number of carbonyl (C=O) groups excluding carboxylic acids is 2. The van der Waals surface area contributed by atoms with E-state index in [0.717, 1.165) is 18.6 Å². The summed E-state index contributed by atoms with van der Waals surface area (Å²) >= 11 is 1.66. The van der Waals surface area contributed by atoms with Crippen molar-refractivity contribution in [3.05, 3.63) is 0 Å². The number of piperazine rings is 1. The number of hydrogen-bond donors (Lipinski definition) is 1. The van der Waals surface area contributed by atoms with E-state index in [1.54, 1.807) is 23.6 Å². The lowest BCUT2D eigenvalue weighted by Gasteiger charge is -2.32. The maximum Gasteiger partial charge on any atom is 0.242 e. The van der Waals surface area contributed by atoms with E-state index in [9.17, 15) is 9.59 Å². The van der Waals surface area contributed by atoms with Crippen LogP contribution in [0.25, 0.3) is 0 Å². The lowest BCUT2D eigenvalue weighted by atomic mass is 10.2. The highest BCUT2D eigenvalue weighted by atomic mass is 32.2. The first-order valence-corrected chi connectivity index (χ1v) is 6.97. The molecule has 1 unspecified atom stereocenters. The first-order chi connectivity index (χ1) is 7.66. The first-order valence-electron chi connectivity index (χ1n) is 5.81. The fourth-order valence-corrected chi connectivity index (χ4v) is 2.59. The molecule has 1 aliphatic heterocycles. The van der Waals surface area contributed by atoms with Gasteiger partial charge in [0.25, 0.3) is 0 Å². The molecule has 0 spiro atoms. The summed E-state index contributed by atoms with van der Waals surface area (Å²) in [6.45, 7) is 5.14. The van der Waals surface area contributed by atoms with Crippen molar-refractivity contribution in [1.82, 2.24) is 10.2 Å². The minimum absolute atomic E-state index is 0.0434. The molecule has 1 rings (SSSR count). The standard InChI is InChI=1S/C11H20N2O2S/c1-3-4-7-16-8-10(14)13-6-5-12-11(15)9(13)2/h9H,3-8H2,1-2H3,(H,12,15). The van der Waals surface area contributed by atoms with Gasteiger partial charge in [-0.1, -0.05) is 13.3 Å². The zero-order valence-electron chi connectivity index (χ0n) is 9.99. The molecule has 0 aromatic carbocycles. The van der Waals surface area contributed by atoms with E-state index in [1.165, 1.54) is 0 Å². The van der Waals surface area contributed by atoms with Gasteiger partial charge in [-0.15, -0.1) is 0 Å². The predicted molar refractivity (Wildman–Crippen MR) is 66.4 cm³/mol. The Labute approximate surface area is 101 Å². The topological polar surface area (TPSA) is 49.4 Å². The highest BCUT2D eigenvalue weighted by Gasteiger charge is 2.28. The molecule has 0 radical (unpaired) electrons. The van der Waals surface area contributed by atoms with Gasteiger partial charge >= 0.3 is 0 Å². The summed E-state index contributed by atoms with van der Waals surface area (Å²) in [5.41, 5.74) is 0. The average molecular weight is 244 g/mol. The number of nitrogens with zero attached hydrogens (tertiary/aromatic N) is 1. The van der Waals surface area contributed by atoms with Gasteiger partial charge < -0.3 is 10.2 Å². The van der Waals surface area contributed by atoms with Crippen molar-refractivity contribution < 1.29 is 9.59 Å². The lowest BCUT2D eigenvalue weighted by molar-refractivity contribution is -0.140. The van der Waals surface area contributed by atoms with Crippen LogP contribution >= 0.6 is 11.8 Å². The summed E-state index contributed by atoms with van der Waals surface area (Å²) in [6.07, 6.45) is 2.30. The van der Waals surface area contributed by atoms with E-state index in [0.29, 0.717) is 18.8 Å². The van der Waals surface area contributed by atoms with Gasteiger partial charge in [-0.05, 0) is 19.1 Å². The lowest BCUT2D eigenvalue weighted by Crippen LogP contribution is -2.56. The number of hydrogen-bond acceptors (Lipinski definition) is 3. The maximum atomic E-state index is 11.8. The fraction of sp³-hybridized carbons (Fsp3) is 0.818. The number of carbonyl (C=O) groups is 2. The number of thioether (sulfide) groups is 1. The molecule has 0 aliphatic carbocycles. The average Bonchev–Trinajstić information content (AvgIpc) is 2.28. The summed E-state index contributed by atoms with van der Waals surface area (Å²) in [6, 6.07) is -0.312. The number of unbranched alkanes of at least 4 members (excludes halogenated alkanes) is 1. The Bertz CT molecular complexity index is 258. The van der Waals surface area contributed by atoms with E-state index < -0.39 is 0 Å². The molecule has 1 fully saturated rings. The molecule has 5 heteroatoms. The molecular weight excluding hydrogens is 224 g/mol. The van der Waals surface area contributed by atoms with Crippen LogP contribution in [-0.4, -0.2) is 47.4 Å². The fourth-order valence-electron chi connectivity index (χ4n) is 1.61. The highest BCUT2D eigenvalue weighted by Crippen LogP contribution is 2.10. The van der Waals surface area contributed by atoms with E-state index in [1.807, 2.05) is 0 Å². The third kappa shape index (κ3) is 3.70. The van der Waals surface area contributed by atoms with E-state index in [-0.39, 0.29) is 17.9 Å². The van der Waals surface area contributed by atoms with Gasteiger partial charge in [0.2, 0.25) is 11.8 Å². The maximum absolute atomic E-state index is 11.8. The zero-order chi connectivity index (χ0) is 12.0. The van der Waals surface area contributed by atoms with E-state index in [4.69, 9.17) is 0 Å². The number of amides is 2. The van der Waals surface area contributed by atoms with Crippen molar-refractivity contribution >= 4 is 23.6 Å². The molecule has 0 bridgehead atoms. The van der Waals surface area contributed by atoms with Crippen LogP contribution in [0.3, 0.4) is 0 Å². The Morgan fingerprint density at radius 3 is 3.06 bits per heavy atom. The first kappa shape index (κ1) is 13.4. The van der Waals surface area contributed by atoms with Crippen LogP contribution in [0.5, 0.6) is 0 Å². The van der Waals surface area contributed by atoms with Crippen LogP contribution in [0.1, 0.15) is 26.7 Å². The molecule has 2 amide bonds. The van der Waals surface area contributed by atoms with Gasteiger partial charge in [-0.2, -0.15) is 11.8 Å². The zero-order valence-corrected chi connectivity index (χ0v) is 10.8. The van der Waals surface area contributed by atoms with Crippen molar-refractivity contribution in [2.45, 2.75) is 32.7 Å². The summed E-state index contributed by atoms with van der Waals surface area (Å²) in [4.78, 5) is 24.9. The second-order valence-electron chi connectivity index (χ2n) is 3.96. The second kappa shape index (κ2) is 6.78. The van der Waals surface area contributed by atoms with Gasteiger partial charge in [-0.3, -0.25) is 9.59 Å². The quantitative estimate of drug-likeness (QED) is 0.730. The number of rotatable bonds is 5. The summed E-state index contributed by atoms with van der Waals surface area (Å²) in [5.74, 6) is 1.57. The SMILES string of the molecule is CCCCSCC(=O)N1CCNC(=O)C1C. The van der Waals surface area contributed by atoms with Crippen molar-refractivity contribution in [2.24, 2.45) is 0 Å². The predicted octanol–water partition coefficient (Wildman–Crippen LogP) is 0.867. The third-order valence-electron chi connectivity index (χ3n) is 2.69. The monoisotopic (exact) mass is 244 g/mol. The molecule has 1 heterocycles. The molecular formula is C11H20N2O2S. The largest absolute Gasteiger partial charge is 0.353 e. The van der Waals surface area contributed by atoms with Gasteiger partial charge in [0.15, 0.2) is 0 Å². The van der Waals surface area contributed by atoms with Crippen LogP contribution in [0.2, 0.25) is 0 Å². The van der Waals surface area contributed by atoms with Gasteiger partial charge in [-0.25, -0.2) is 0 Å². The summed E-state index contributed by atoms with van der Waals surface area (Å²) in [5, 5.41) is 2.75. The Hall–Kier alpha value is -0.710. The third-order valence-corrected chi connectivity index (χ3v) is 3.72. The summed E-state index contributed by atoms with van der Waals surface area (Å²) in [7, 11) is 0. The smallest absolute Gasteiger partial charge is 0.242 e. The van der Waals surface area contributed by atoms with Crippen LogP contribution in [0.4, 0.5) is 0 Å². The van der Waals surface area contributed by atoms with Gasteiger partial charge in [0, 0.05) is 13.1 Å². The van der Waals surface area contributed by atoms with Crippen LogP contribution < -0.4 is 5.32 Å².